The Morgan fingerprint density at radius 3 is 2.55 bits per heavy atom. The van der Waals surface area contributed by atoms with E-state index in [2.05, 4.69) is 10.6 Å². The maximum Gasteiger partial charge on any atom is 0.250 e. The fraction of sp³-hybridized carbons (Fsp3) is 0.333. The first-order chi connectivity index (χ1) is 15.8. The van der Waals surface area contributed by atoms with Gasteiger partial charge in [0.1, 0.15) is 5.54 Å². The molecule has 2 aromatic carbocycles. The van der Waals surface area contributed by atoms with Crippen molar-refractivity contribution in [1.29, 1.82) is 0 Å². The molecule has 0 unspecified atom stereocenters. The number of amides is 4. The van der Waals surface area contributed by atoms with Crippen LogP contribution >= 0.6 is 11.6 Å². The number of rotatable bonds is 5. The zero-order valence-electron chi connectivity index (χ0n) is 17.9. The summed E-state index contributed by atoms with van der Waals surface area (Å²) in [4.78, 5) is 53.6. The third-order valence-corrected chi connectivity index (χ3v) is 7.47. The van der Waals surface area contributed by atoms with E-state index in [1.165, 1.54) is 4.90 Å². The number of hydrogen-bond acceptors (Lipinski definition) is 5. The Balaban J connectivity index is 1.56. The Hall–Kier alpha value is -3.23. The van der Waals surface area contributed by atoms with Gasteiger partial charge in [-0.05, 0) is 30.5 Å². The van der Waals surface area contributed by atoms with Gasteiger partial charge >= 0.3 is 0 Å². The minimum Gasteiger partial charge on any atom is -0.370 e. The second-order valence-corrected chi connectivity index (χ2v) is 9.25. The molecule has 5 rings (SSSR count). The van der Waals surface area contributed by atoms with E-state index >= 15 is 0 Å². The molecule has 9 heteroatoms. The highest BCUT2D eigenvalue weighted by molar-refractivity contribution is 6.32. The number of nitrogens with one attached hydrogen (secondary N) is 2. The molecule has 3 heterocycles. The molecule has 0 radical (unpaired) electrons. The Kier molecular flexibility index (Phi) is 5.02. The molecular weight excluding hydrogens is 444 g/mol. The fourth-order valence-corrected chi connectivity index (χ4v) is 5.70. The molecule has 1 spiro atoms. The molecule has 0 aromatic heterocycles. The lowest BCUT2D eigenvalue weighted by Crippen LogP contribution is -2.53. The Morgan fingerprint density at radius 1 is 1.12 bits per heavy atom. The number of nitrogens with two attached hydrogens (primary N) is 1. The minimum absolute atomic E-state index is 0.163. The number of imide groups is 1. The molecule has 4 atom stereocenters. The first-order valence-electron chi connectivity index (χ1n) is 10.8. The van der Waals surface area contributed by atoms with E-state index in [4.69, 9.17) is 17.3 Å². The second kappa shape index (κ2) is 7.67. The monoisotopic (exact) mass is 466 g/mol. The predicted molar refractivity (Wildman–Crippen MR) is 121 cm³/mol. The van der Waals surface area contributed by atoms with Gasteiger partial charge in [0.05, 0.1) is 17.5 Å². The normalized spacial score (nSPS) is 27.8. The molecule has 2 saturated heterocycles. The average Bonchev–Trinajstić information content (AvgIpc) is 3.35. The van der Waals surface area contributed by atoms with E-state index < -0.39 is 41.1 Å². The highest BCUT2D eigenvalue weighted by atomic mass is 35.5. The molecule has 3 aliphatic heterocycles. The van der Waals surface area contributed by atoms with Crippen molar-refractivity contribution in [2.24, 2.45) is 17.6 Å². The highest BCUT2D eigenvalue weighted by Crippen LogP contribution is 2.54. The molecule has 3 aliphatic rings. The number of benzene rings is 2. The third kappa shape index (κ3) is 3.08. The van der Waals surface area contributed by atoms with Crippen LogP contribution in [0.15, 0.2) is 42.5 Å². The maximum absolute atomic E-state index is 13.7. The van der Waals surface area contributed by atoms with Gasteiger partial charge in [-0.1, -0.05) is 48.0 Å². The van der Waals surface area contributed by atoms with Gasteiger partial charge in [0.2, 0.25) is 23.6 Å². The number of carbonyl (C=O) groups excluding carboxylic acids is 4. The summed E-state index contributed by atoms with van der Waals surface area (Å²) in [6.45, 7) is 1.98. The first-order valence-corrected chi connectivity index (χ1v) is 11.2. The highest BCUT2D eigenvalue weighted by Gasteiger charge is 2.70. The summed E-state index contributed by atoms with van der Waals surface area (Å²) in [7, 11) is 0. The van der Waals surface area contributed by atoms with E-state index in [1.807, 2.05) is 30.3 Å². The molecule has 2 aromatic rings. The summed E-state index contributed by atoms with van der Waals surface area (Å²) in [6.07, 6.45) is 0.333. The van der Waals surface area contributed by atoms with Crippen molar-refractivity contribution in [2.45, 2.75) is 31.3 Å². The van der Waals surface area contributed by atoms with Gasteiger partial charge in [-0.3, -0.25) is 29.4 Å². The maximum atomic E-state index is 13.7. The van der Waals surface area contributed by atoms with Crippen molar-refractivity contribution in [1.82, 2.24) is 10.2 Å². The van der Waals surface area contributed by atoms with Crippen LogP contribution in [-0.4, -0.2) is 41.1 Å². The second-order valence-electron chi connectivity index (χ2n) is 8.85. The molecule has 33 heavy (non-hydrogen) atoms. The van der Waals surface area contributed by atoms with Crippen LogP contribution in [0.2, 0.25) is 5.02 Å². The molecule has 2 fully saturated rings. The van der Waals surface area contributed by atoms with E-state index in [9.17, 15) is 19.2 Å². The zero-order chi connectivity index (χ0) is 23.5. The van der Waals surface area contributed by atoms with Crippen LogP contribution in [0.25, 0.3) is 0 Å². The first kappa shape index (κ1) is 21.6. The Morgan fingerprint density at radius 2 is 1.85 bits per heavy atom. The van der Waals surface area contributed by atoms with Crippen molar-refractivity contribution >= 4 is 40.9 Å². The topological polar surface area (TPSA) is 122 Å². The summed E-state index contributed by atoms with van der Waals surface area (Å²) >= 11 is 6.26. The smallest absolute Gasteiger partial charge is 0.250 e. The van der Waals surface area contributed by atoms with Gasteiger partial charge < -0.3 is 11.1 Å². The number of hydrogen-bond donors (Lipinski definition) is 3. The third-order valence-electron chi connectivity index (χ3n) is 7.06. The molecular formula is C24H23ClN4O4. The molecule has 4 N–H and O–H groups in total. The Labute approximate surface area is 195 Å². The van der Waals surface area contributed by atoms with Crippen LogP contribution in [0, 0.1) is 18.8 Å². The summed E-state index contributed by atoms with van der Waals surface area (Å²) in [5, 5.41) is 6.51. The van der Waals surface area contributed by atoms with Gasteiger partial charge in [-0.2, -0.15) is 0 Å². The largest absolute Gasteiger partial charge is 0.370 e. The van der Waals surface area contributed by atoms with Gasteiger partial charge in [0.15, 0.2) is 0 Å². The van der Waals surface area contributed by atoms with Crippen molar-refractivity contribution in [3.05, 3.63) is 64.2 Å². The quantitative estimate of drug-likeness (QED) is 0.576. The van der Waals surface area contributed by atoms with Crippen LogP contribution in [0.5, 0.6) is 0 Å². The van der Waals surface area contributed by atoms with Crippen LogP contribution < -0.4 is 16.4 Å². The number of likely N-dealkylation sites (tertiary alicyclic amines) is 1. The number of primary amides is 1. The SMILES string of the molecule is Cc1c(Cl)ccc2c1NC(=O)[C@]21N[C@@H](CC(N)=O)[C@H]2C(=O)N(CCc3ccccc3)C(=O)[C@H]21. The lowest BCUT2D eigenvalue weighted by molar-refractivity contribution is -0.142. The van der Waals surface area contributed by atoms with E-state index in [-0.39, 0.29) is 18.9 Å². The molecule has 0 aliphatic carbocycles. The van der Waals surface area contributed by atoms with Crippen LogP contribution in [0.3, 0.4) is 0 Å². The number of carbonyl (C=O) groups is 4. The summed E-state index contributed by atoms with van der Waals surface area (Å²) < 4.78 is 0. The fourth-order valence-electron chi connectivity index (χ4n) is 5.55. The van der Waals surface area contributed by atoms with Crippen molar-refractivity contribution in [3.63, 3.8) is 0 Å². The number of nitrogens with zero attached hydrogens (tertiary/aromatic N) is 1. The lowest BCUT2D eigenvalue weighted by atomic mass is 9.76. The van der Waals surface area contributed by atoms with E-state index in [0.29, 0.717) is 28.3 Å². The summed E-state index contributed by atoms with van der Waals surface area (Å²) in [6, 6.07) is 12.2. The van der Waals surface area contributed by atoms with Crippen LogP contribution in [-0.2, 0) is 31.1 Å². The van der Waals surface area contributed by atoms with Crippen LogP contribution in [0.1, 0.15) is 23.1 Å². The predicted octanol–water partition coefficient (Wildman–Crippen LogP) is 1.49. The van der Waals surface area contributed by atoms with Gasteiger partial charge in [0.25, 0.3) is 0 Å². The van der Waals surface area contributed by atoms with Crippen molar-refractivity contribution in [2.75, 3.05) is 11.9 Å². The number of halogens is 1. The lowest BCUT2D eigenvalue weighted by Gasteiger charge is -2.29. The van der Waals surface area contributed by atoms with Gasteiger partial charge in [-0.15, -0.1) is 0 Å². The summed E-state index contributed by atoms with van der Waals surface area (Å²) in [5.74, 6) is -3.70. The summed E-state index contributed by atoms with van der Waals surface area (Å²) in [5.41, 5.74) is 6.74. The number of anilines is 1. The minimum atomic E-state index is -1.47. The molecule has 0 saturated carbocycles. The standard InChI is InChI=1S/C24H23ClN4O4/c1-12-15(25)8-7-14-20(12)27-23(33)24(14)19-18(16(28-24)11-17(26)30)21(31)29(22(19)32)10-9-13-5-3-2-4-6-13/h2-8,16,18-19,28H,9-11H2,1H3,(H2,26,30)(H,27,33)/t16-,18+,19-,24-/m0/s1. The van der Waals surface area contributed by atoms with Gasteiger partial charge in [0, 0.05) is 29.6 Å². The van der Waals surface area contributed by atoms with Crippen molar-refractivity contribution in [3.8, 4) is 0 Å². The van der Waals surface area contributed by atoms with Crippen molar-refractivity contribution < 1.29 is 19.2 Å². The number of fused-ring (bicyclic) bond motifs is 4. The molecule has 0 bridgehead atoms. The molecule has 8 nitrogen and oxygen atoms in total. The van der Waals surface area contributed by atoms with Gasteiger partial charge in [-0.25, -0.2) is 0 Å². The molecule has 170 valence electrons. The van der Waals surface area contributed by atoms with E-state index in [0.717, 1.165) is 5.56 Å². The van der Waals surface area contributed by atoms with E-state index in [1.54, 1.807) is 19.1 Å². The van der Waals surface area contributed by atoms with Crippen LogP contribution in [0.4, 0.5) is 5.69 Å². The molecule has 4 amide bonds. The Bertz CT molecular complexity index is 1200. The average molecular weight is 467 g/mol. The zero-order valence-corrected chi connectivity index (χ0v) is 18.7.